The molecule has 2 saturated heterocycles. The number of ether oxygens (including phenoxy) is 6. The zero-order chi connectivity index (χ0) is 43.4. The number of benzene rings is 2. The molecule has 0 radical (unpaired) electrons. The number of aryl methyl sites for hydroxylation is 3. The van der Waals surface area contributed by atoms with E-state index in [1.165, 1.54) is 22.8 Å². The summed E-state index contributed by atoms with van der Waals surface area (Å²) in [5.74, 6) is 6.89. The molecule has 7 heterocycles. The second-order valence-corrected chi connectivity index (χ2v) is 15.9. The van der Waals surface area contributed by atoms with Crippen LogP contribution in [-0.4, -0.2) is 108 Å². The zero-order valence-electron chi connectivity index (χ0n) is 33.1. The average Bonchev–Trinajstić information content (AvgIpc) is 3.68. The van der Waals surface area contributed by atoms with Gasteiger partial charge in [-0.15, -0.1) is 0 Å². The Balaban J connectivity index is 0.000000171. The third-order valence-corrected chi connectivity index (χ3v) is 11.1. The fourth-order valence-corrected chi connectivity index (χ4v) is 7.53. The van der Waals surface area contributed by atoms with Crippen molar-refractivity contribution in [3.63, 3.8) is 0 Å². The van der Waals surface area contributed by atoms with Crippen molar-refractivity contribution in [3.8, 4) is 51.9 Å². The molecule has 0 saturated carbocycles. The van der Waals surface area contributed by atoms with Crippen LogP contribution in [0.2, 0.25) is 0 Å². The molecule has 326 valence electrons. The third-order valence-electron chi connectivity index (χ3n) is 10.2. The number of alkyl halides is 3. The number of hydrogen-bond donors (Lipinski definition) is 0. The minimum absolute atomic E-state index is 0.0678. The van der Waals surface area contributed by atoms with Gasteiger partial charge in [-0.25, -0.2) is 14.6 Å². The molecule has 0 N–H and O–H groups in total. The molecule has 2 aromatic carbocycles. The van der Waals surface area contributed by atoms with Crippen LogP contribution >= 0.6 is 0 Å². The predicted molar refractivity (Wildman–Crippen MR) is 212 cm³/mol. The van der Waals surface area contributed by atoms with Crippen LogP contribution in [-0.2, 0) is 62.0 Å². The van der Waals surface area contributed by atoms with E-state index in [4.69, 9.17) is 28.4 Å². The van der Waals surface area contributed by atoms with Gasteiger partial charge < -0.3 is 37.2 Å². The molecular weight excluding hydrogens is 842 g/mol. The number of aromatic nitrogens is 6. The van der Waals surface area contributed by atoms with Crippen LogP contribution in [0.4, 0.5) is 13.2 Å². The van der Waals surface area contributed by atoms with Gasteiger partial charge in [-0.1, -0.05) is 12.0 Å². The molecule has 0 spiro atoms. The molecular formula is C41H39F3N6O11S. The molecule has 2 atom stereocenters. The maximum atomic E-state index is 12.6. The molecule has 0 aliphatic carbocycles. The lowest BCUT2D eigenvalue weighted by atomic mass is 9.95. The van der Waals surface area contributed by atoms with Gasteiger partial charge in [-0.05, 0) is 60.2 Å². The number of hydrogen-bond acceptors (Lipinski definition) is 14. The first-order valence-corrected chi connectivity index (χ1v) is 20.9. The van der Waals surface area contributed by atoms with Gasteiger partial charge in [0.2, 0.25) is 11.8 Å². The van der Waals surface area contributed by atoms with Gasteiger partial charge in [0, 0.05) is 61.4 Å². The van der Waals surface area contributed by atoms with Gasteiger partial charge in [-0.2, -0.15) is 31.6 Å². The van der Waals surface area contributed by atoms with Crippen molar-refractivity contribution in [2.75, 3.05) is 52.9 Å². The number of rotatable bonds is 8. The molecule has 4 aliphatic heterocycles. The van der Waals surface area contributed by atoms with E-state index < -0.39 is 27.1 Å². The topological polar surface area (TPSA) is 186 Å². The first-order valence-electron chi connectivity index (χ1n) is 19.5. The van der Waals surface area contributed by atoms with Crippen LogP contribution in [0.15, 0.2) is 70.5 Å². The van der Waals surface area contributed by atoms with E-state index in [-0.39, 0.29) is 43.4 Å². The highest BCUT2D eigenvalue weighted by molar-refractivity contribution is 7.88. The Morgan fingerprint density at radius 1 is 0.774 bits per heavy atom. The van der Waals surface area contributed by atoms with E-state index in [0.717, 1.165) is 40.7 Å². The molecule has 3 aromatic heterocycles. The summed E-state index contributed by atoms with van der Waals surface area (Å²) in [6.45, 7) is 4.14. The number of halogens is 3. The summed E-state index contributed by atoms with van der Waals surface area (Å²) in [5, 5.41) is 0. The number of fused-ring (bicyclic) bond motifs is 6. The predicted octanol–water partition coefficient (Wildman–Crippen LogP) is 2.88. The van der Waals surface area contributed by atoms with Crippen LogP contribution < -0.4 is 25.0 Å². The lowest BCUT2D eigenvalue weighted by Gasteiger charge is -2.24. The minimum atomic E-state index is -5.78. The Morgan fingerprint density at radius 3 is 1.85 bits per heavy atom. The zero-order valence-corrected chi connectivity index (χ0v) is 33.9. The highest BCUT2D eigenvalue weighted by atomic mass is 32.2. The molecule has 2 fully saturated rings. The summed E-state index contributed by atoms with van der Waals surface area (Å²) in [6, 6.07) is 13.1. The summed E-state index contributed by atoms with van der Waals surface area (Å²) >= 11 is 0. The molecule has 4 aliphatic rings. The van der Waals surface area contributed by atoms with E-state index in [1.54, 1.807) is 10.8 Å². The largest absolute Gasteiger partial charge is 0.534 e. The molecule has 62 heavy (non-hydrogen) atoms. The van der Waals surface area contributed by atoms with Gasteiger partial charge >= 0.3 is 27.0 Å². The molecule has 0 amide bonds. The normalized spacial score (nSPS) is 18.0. The van der Waals surface area contributed by atoms with Crippen molar-refractivity contribution in [3.05, 3.63) is 104 Å². The molecule has 5 aromatic rings. The van der Waals surface area contributed by atoms with Gasteiger partial charge in [0.15, 0.2) is 5.82 Å². The highest BCUT2D eigenvalue weighted by Crippen LogP contribution is 2.35. The number of nitrogens with zero attached hydrogens (tertiary/aromatic N) is 6. The standard InChI is InChI=1S/C23H22N4O4.C18H17F3N2O7S/c1-26-9-7-24-21(26)5-3-16-2-4-19-17(12-16)6-8-27-20(19)13-22(25-23(27)28)31-15-18-14-29-10-11-30-18;19-18(20,21)31(25,26)30-12-1-2-14-11(7-12)3-4-23-15(14)8-16(22-17(23)24)29-10-13-9-27-5-6-28-13/h2,4,7,9,12-13,18H,6,8,10-11,14-15H2,1H3;1-2,7-8,13H,3-6,9-10H2. The van der Waals surface area contributed by atoms with Gasteiger partial charge in [0.05, 0.1) is 51.0 Å². The minimum Gasteiger partial charge on any atom is -0.475 e. The lowest BCUT2D eigenvalue weighted by Crippen LogP contribution is -2.34. The summed E-state index contributed by atoms with van der Waals surface area (Å²) in [4.78, 5) is 37.2. The second kappa shape index (κ2) is 18.1. The van der Waals surface area contributed by atoms with Gasteiger partial charge in [0.25, 0.3) is 0 Å². The van der Waals surface area contributed by atoms with Crippen LogP contribution in [0.25, 0.3) is 22.5 Å². The van der Waals surface area contributed by atoms with E-state index >= 15 is 0 Å². The second-order valence-electron chi connectivity index (χ2n) is 14.4. The van der Waals surface area contributed by atoms with Crippen LogP contribution in [0, 0.1) is 11.8 Å². The van der Waals surface area contributed by atoms with E-state index in [0.29, 0.717) is 75.5 Å². The third kappa shape index (κ3) is 9.69. The summed E-state index contributed by atoms with van der Waals surface area (Å²) in [5.41, 5.74) is -1.02. The smallest absolute Gasteiger partial charge is 0.475 e. The summed E-state index contributed by atoms with van der Waals surface area (Å²) in [7, 11) is -3.86. The highest BCUT2D eigenvalue weighted by Gasteiger charge is 2.48. The lowest BCUT2D eigenvalue weighted by molar-refractivity contribution is -0.102. The van der Waals surface area contributed by atoms with E-state index in [9.17, 15) is 31.2 Å². The van der Waals surface area contributed by atoms with Crippen molar-refractivity contribution in [2.24, 2.45) is 7.05 Å². The molecule has 17 nitrogen and oxygen atoms in total. The summed E-state index contributed by atoms with van der Waals surface area (Å²) < 4.78 is 102. The van der Waals surface area contributed by atoms with Crippen molar-refractivity contribution >= 4 is 10.1 Å². The monoisotopic (exact) mass is 880 g/mol. The van der Waals surface area contributed by atoms with Crippen molar-refractivity contribution in [1.29, 1.82) is 0 Å². The van der Waals surface area contributed by atoms with Crippen LogP contribution in [0.5, 0.6) is 17.5 Å². The quantitative estimate of drug-likeness (QED) is 0.126. The Morgan fingerprint density at radius 2 is 1.34 bits per heavy atom. The fraction of sp³-hybridized carbons (Fsp3) is 0.390. The van der Waals surface area contributed by atoms with Crippen molar-refractivity contribution in [2.45, 2.75) is 43.6 Å². The fourth-order valence-electron chi connectivity index (χ4n) is 7.08. The molecule has 2 unspecified atom stereocenters. The van der Waals surface area contributed by atoms with Gasteiger partial charge in [0.1, 0.15) is 31.2 Å². The Kier molecular flexibility index (Phi) is 12.5. The average molecular weight is 881 g/mol. The van der Waals surface area contributed by atoms with Crippen LogP contribution in [0.1, 0.15) is 22.5 Å². The molecule has 9 rings (SSSR count). The Labute approximate surface area is 352 Å². The maximum Gasteiger partial charge on any atom is 0.534 e. The van der Waals surface area contributed by atoms with Crippen LogP contribution in [0.3, 0.4) is 0 Å². The van der Waals surface area contributed by atoms with Gasteiger partial charge in [-0.3, -0.25) is 9.13 Å². The Bertz CT molecular complexity index is 2750. The van der Waals surface area contributed by atoms with E-state index in [1.807, 2.05) is 36.0 Å². The number of imidazole rings is 1. The molecule has 21 heteroatoms. The summed E-state index contributed by atoms with van der Waals surface area (Å²) in [6.07, 6.45) is 4.17. The first-order chi connectivity index (χ1) is 29.8. The Hall–Kier alpha value is -6.05. The van der Waals surface area contributed by atoms with E-state index in [2.05, 4.69) is 37.0 Å². The van der Waals surface area contributed by atoms with Crippen molar-refractivity contribution in [1.82, 2.24) is 28.7 Å². The first kappa shape index (κ1) is 42.6. The molecule has 0 bridgehead atoms. The van der Waals surface area contributed by atoms with Crippen molar-refractivity contribution < 1.29 is 54.2 Å². The maximum absolute atomic E-state index is 12.6. The SMILES string of the molecule is Cn1ccnc1C#Cc1ccc2c(c1)CCn1c-2cc(OCC2COCCO2)nc1=O.O=c1nc(OCC2COCCO2)cc2n1CCc1cc(OS(=O)(=O)C(F)(F)F)ccc1-2.